The summed E-state index contributed by atoms with van der Waals surface area (Å²) in [5.41, 5.74) is 1.19. The molecular formula is C16H28O2. The minimum Gasteiger partial charge on any atom is -0.493 e. The molecule has 1 aromatic carbocycles. The van der Waals surface area contributed by atoms with Crippen LogP contribution in [0.1, 0.15) is 52.0 Å². The number of hydrogen-bond acceptors (Lipinski definition) is 2. The summed E-state index contributed by atoms with van der Waals surface area (Å²) in [6, 6.07) is 5.97. The van der Waals surface area contributed by atoms with Gasteiger partial charge in [-0.15, -0.1) is 0 Å². The lowest BCUT2D eigenvalue weighted by molar-refractivity contribution is 0.288. The maximum absolute atomic E-state index is 5.62. The summed E-state index contributed by atoms with van der Waals surface area (Å²) in [5.74, 6) is 1.66. The molecule has 0 aliphatic rings. The van der Waals surface area contributed by atoms with Crippen LogP contribution in [-0.4, -0.2) is 13.7 Å². The first-order valence-corrected chi connectivity index (χ1v) is 6.96. The zero-order chi connectivity index (χ0) is 13.8. The summed E-state index contributed by atoms with van der Waals surface area (Å²) < 4.78 is 10.8. The molecule has 0 unspecified atom stereocenters. The van der Waals surface area contributed by atoms with Crippen molar-refractivity contribution in [2.24, 2.45) is 0 Å². The predicted octanol–water partition coefficient (Wildman–Crippen LogP) is 4.99. The van der Waals surface area contributed by atoms with Crippen molar-refractivity contribution in [2.75, 3.05) is 13.7 Å². The van der Waals surface area contributed by atoms with Crippen LogP contribution in [0.4, 0.5) is 0 Å². The van der Waals surface area contributed by atoms with Gasteiger partial charge in [0.2, 0.25) is 0 Å². The van der Waals surface area contributed by atoms with E-state index >= 15 is 0 Å². The van der Waals surface area contributed by atoms with Gasteiger partial charge in [0.25, 0.3) is 0 Å². The third-order valence-electron chi connectivity index (χ3n) is 2.57. The van der Waals surface area contributed by atoms with Gasteiger partial charge < -0.3 is 9.47 Å². The molecule has 0 fully saturated rings. The van der Waals surface area contributed by atoms with Gasteiger partial charge in [-0.3, -0.25) is 0 Å². The van der Waals surface area contributed by atoms with E-state index in [1.807, 2.05) is 25.1 Å². The first-order valence-electron chi connectivity index (χ1n) is 6.96. The molecule has 0 heterocycles. The monoisotopic (exact) mass is 252 g/mol. The van der Waals surface area contributed by atoms with Crippen LogP contribution >= 0.6 is 0 Å². The minimum absolute atomic E-state index is 0.760. The maximum atomic E-state index is 5.62. The largest absolute Gasteiger partial charge is 0.493 e. The van der Waals surface area contributed by atoms with E-state index in [-0.39, 0.29) is 0 Å². The van der Waals surface area contributed by atoms with E-state index in [4.69, 9.17) is 9.47 Å². The molecule has 0 saturated heterocycles. The van der Waals surface area contributed by atoms with Gasteiger partial charge in [0.15, 0.2) is 11.5 Å². The lowest BCUT2D eigenvalue weighted by Crippen LogP contribution is -1.98. The molecule has 0 radical (unpaired) electrons. The Morgan fingerprint density at radius 2 is 1.61 bits per heavy atom. The Morgan fingerprint density at radius 3 is 2.11 bits per heavy atom. The van der Waals surface area contributed by atoms with Gasteiger partial charge in [0.05, 0.1) is 13.7 Å². The van der Waals surface area contributed by atoms with E-state index in [1.54, 1.807) is 7.11 Å². The zero-order valence-electron chi connectivity index (χ0n) is 12.6. The molecule has 0 amide bonds. The summed E-state index contributed by atoms with van der Waals surface area (Å²) in [5, 5.41) is 0. The predicted molar refractivity (Wildman–Crippen MR) is 78.7 cm³/mol. The highest BCUT2D eigenvalue weighted by atomic mass is 16.5. The van der Waals surface area contributed by atoms with Crippen LogP contribution in [0, 0.1) is 6.92 Å². The van der Waals surface area contributed by atoms with Crippen molar-refractivity contribution in [3.63, 3.8) is 0 Å². The van der Waals surface area contributed by atoms with Crippen molar-refractivity contribution < 1.29 is 9.47 Å². The number of benzene rings is 1. The lowest BCUT2D eigenvalue weighted by atomic mass is 10.2. The van der Waals surface area contributed by atoms with E-state index < -0.39 is 0 Å². The topological polar surface area (TPSA) is 18.5 Å². The second kappa shape index (κ2) is 10.9. The van der Waals surface area contributed by atoms with Gasteiger partial charge in [-0.25, -0.2) is 0 Å². The second-order valence-corrected chi connectivity index (χ2v) is 4.36. The van der Waals surface area contributed by atoms with Crippen LogP contribution in [0.3, 0.4) is 0 Å². The number of methoxy groups -OCH3 is 1. The third kappa shape index (κ3) is 7.21. The molecule has 0 N–H and O–H groups in total. The van der Waals surface area contributed by atoms with Crippen molar-refractivity contribution in [3.05, 3.63) is 23.8 Å². The summed E-state index contributed by atoms with van der Waals surface area (Å²) >= 11 is 0. The van der Waals surface area contributed by atoms with Gasteiger partial charge in [0.1, 0.15) is 0 Å². The second-order valence-electron chi connectivity index (χ2n) is 4.36. The molecule has 18 heavy (non-hydrogen) atoms. The Kier molecular flexibility index (Phi) is 10.2. The van der Waals surface area contributed by atoms with E-state index in [0.717, 1.165) is 30.9 Å². The van der Waals surface area contributed by atoms with Crippen molar-refractivity contribution in [2.45, 2.75) is 53.4 Å². The Bertz CT molecular complexity index is 306. The van der Waals surface area contributed by atoms with Gasteiger partial charge in [0, 0.05) is 0 Å². The molecule has 0 spiro atoms. The first kappa shape index (κ1) is 16.8. The molecule has 2 heteroatoms. The molecule has 1 rings (SSSR count). The highest BCUT2D eigenvalue weighted by Gasteiger charge is 2.03. The van der Waals surface area contributed by atoms with Crippen LogP contribution in [0.2, 0.25) is 0 Å². The number of aryl methyl sites for hydroxylation is 1. The third-order valence-corrected chi connectivity index (χ3v) is 2.57. The lowest BCUT2D eigenvalue weighted by Gasteiger charge is -2.10. The standard InChI is InChI=1S/C12H18O2.C4H10/c1-4-5-8-14-12-9-10(2)6-7-11(12)13-3;1-3-4-2/h6-7,9H,4-5,8H2,1-3H3;3-4H2,1-2H3. The van der Waals surface area contributed by atoms with Crippen molar-refractivity contribution in [3.8, 4) is 11.5 Å². The molecule has 0 saturated carbocycles. The fourth-order valence-corrected chi connectivity index (χ4v) is 1.22. The molecular weight excluding hydrogens is 224 g/mol. The number of ether oxygens (including phenoxy) is 2. The van der Waals surface area contributed by atoms with E-state index in [9.17, 15) is 0 Å². The Hall–Kier alpha value is -1.18. The number of rotatable bonds is 6. The fraction of sp³-hybridized carbons (Fsp3) is 0.625. The average molecular weight is 252 g/mol. The quantitative estimate of drug-likeness (QED) is 0.664. The average Bonchev–Trinajstić information content (AvgIpc) is 2.40. The van der Waals surface area contributed by atoms with Crippen molar-refractivity contribution in [1.82, 2.24) is 0 Å². The smallest absolute Gasteiger partial charge is 0.161 e. The molecule has 104 valence electrons. The van der Waals surface area contributed by atoms with E-state index in [1.165, 1.54) is 18.4 Å². The molecule has 0 atom stereocenters. The van der Waals surface area contributed by atoms with Gasteiger partial charge in [-0.1, -0.05) is 46.1 Å². The van der Waals surface area contributed by atoms with E-state index in [2.05, 4.69) is 20.8 Å². The minimum atomic E-state index is 0.760. The molecule has 2 nitrogen and oxygen atoms in total. The summed E-state index contributed by atoms with van der Waals surface area (Å²) in [6.45, 7) is 9.32. The van der Waals surface area contributed by atoms with Crippen LogP contribution < -0.4 is 9.47 Å². The maximum Gasteiger partial charge on any atom is 0.161 e. The van der Waals surface area contributed by atoms with E-state index in [0.29, 0.717) is 0 Å². The Balaban J connectivity index is 0.000000631. The summed E-state index contributed by atoms with van der Waals surface area (Å²) in [6.07, 6.45) is 4.87. The van der Waals surface area contributed by atoms with Crippen LogP contribution in [0.5, 0.6) is 11.5 Å². The Morgan fingerprint density at radius 1 is 0.944 bits per heavy atom. The van der Waals surface area contributed by atoms with Crippen molar-refractivity contribution in [1.29, 1.82) is 0 Å². The van der Waals surface area contributed by atoms with Gasteiger partial charge in [-0.05, 0) is 31.0 Å². The van der Waals surface area contributed by atoms with Crippen LogP contribution in [0.25, 0.3) is 0 Å². The molecule has 0 aliphatic heterocycles. The van der Waals surface area contributed by atoms with Crippen LogP contribution in [0.15, 0.2) is 18.2 Å². The molecule has 0 aromatic heterocycles. The molecule has 1 aromatic rings. The highest BCUT2D eigenvalue weighted by Crippen LogP contribution is 2.27. The molecule has 0 aliphatic carbocycles. The summed E-state index contributed by atoms with van der Waals surface area (Å²) in [4.78, 5) is 0. The normalized spacial score (nSPS) is 9.39. The van der Waals surface area contributed by atoms with Gasteiger partial charge >= 0.3 is 0 Å². The van der Waals surface area contributed by atoms with Crippen molar-refractivity contribution >= 4 is 0 Å². The fourth-order valence-electron chi connectivity index (χ4n) is 1.22. The first-order chi connectivity index (χ1) is 8.69. The number of unbranched alkanes of at least 4 members (excludes halogenated alkanes) is 2. The van der Waals surface area contributed by atoms with Crippen LogP contribution in [-0.2, 0) is 0 Å². The SMILES string of the molecule is CCCC.CCCCOc1cc(C)ccc1OC. The zero-order valence-corrected chi connectivity index (χ0v) is 12.6. The highest BCUT2D eigenvalue weighted by molar-refractivity contribution is 5.42. The Labute approximate surface area is 112 Å². The van der Waals surface area contributed by atoms with Gasteiger partial charge in [-0.2, -0.15) is 0 Å². The number of hydrogen-bond donors (Lipinski definition) is 0. The molecule has 0 bridgehead atoms. The summed E-state index contributed by atoms with van der Waals surface area (Å²) in [7, 11) is 1.66.